The van der Waals surface area contributed by atoms with Crippen molar-refractivity contribution in [1.82, 2.24) is 10.9 Å². The number of guanidine groups is 1. The zero-order valence-corrected chi connectivity index (χ0v) is 19.5. The lowest BCUT2D eigenvalue weighted by molar-refractivity contribution is 0.474. The Bertz CT molecular complexity index is 1230. The molecule has 0 saturated heterocycles. The summed E-state index contributed by atoms with van der Waals surface area (Å²) in [7, 11) is 0. The van der Waals surface area contributed by atoms with Crippen molar-refractivity contribution < 1.29 is 15.3 Å². The lowest BCUT2D eigenvalue weighted by Crippen LogP contribution is -2.30. The SMILES string of the molecule is Oc1cc(Cl)ccc1/C=N\N=C(N/N=C\c1cc(Cl)ccc1O)N/N=C/c1cc(Cl)ccc1O. The van der Waals surface area contributed by atoms with Gasteiger partial charge >= 0.3 is 0 Å². The summed E-state index contributed by atoms with van der Waals surface area (Å²) in [4.78, 5) is 0. The fraction of sp³-hybridized carbons (Fsp3) is 0. The van der Waals surface area contributed by atoms with E-state index < -0.39 is 0 Å². The molecule has 34 heavy (non-hydrogen) atoms. The van der Waals surface area contributed by atoms with Crippen LogP contribution in [-0.2, 0) is 0 Å². The molecule has 0 heterocycles. The van der Waals surface area contributed by atoms with Crippen LogP contribution in [-0.4, -0.2) is 39.9 Å². The van der Waals surface area contributed by atoms with Gasteiger partial charge in [0.1, 0.15) is 17.2 Å². The molecule has 0 spiro atoms. The summed E-state index contributed by atoms with van der Waals surface area (Å²) in [6.07, 6.45) is 3.94. The Kier molecular flexibility index (Phi) is 8.69. The molecule has 5 N–H and O–H groups in total. The highest BCUT2D eigenvalue weighted by Gasteiger charge is 2.02. The van der Waals surface area contributed by atoms with E-state index in [2.05, 4.69) is 31.3 Å². The fourth-order valence-corrected chi connectivity index (χ4v) is 2.96. The first-order valence-corrected chi connectivity index (χ1v) is 10.6. The molecule has 0 aliphatic heterocycles. The highest BCUT2D eigenvalue weighted by molar-refractivity contribution is 6.31. The van der Waals surface area contributed by atoms with Gasteiger partial charge in [-0.25, -0.2) is 10.9 Å². The molecule has 0 fully saturated rings. The van der Waals surface area contributed by atoms with Crippen LogP contribution in [0.15, 0.2) is 75.0 Å². The summed E-state index contributed by atoms with van der Waals surface area (Å²) in [5.74, 6) is -0.141. The largest absolute Gasteiger partial charge is 0.507 e. The van der Waals surface area contributed by atoms with Gasteiger partial charge in [0.15, 0.2) is 0 Å². The monoisotopic (exact) mass is 518 g/mol. The quantitative estimate of drug-likeness (QED) is 0.183. The number of nitrogens with zero attached hydrogens (tertiary/aromatic N) is 4. The second kappa shape index (κ2) is 11.9. The Morgan fingerprint density at radius 1 is 0.618 bits per heavy atom. The first-order chi connectivity index (χ1) is 16.3. The molecular formula is C22H17Cl3N6O3. The van der Waals surface area contributed by atoms with Crippen LogP contribution in [0.2, 0.25) is 15.1 Å². The van der Waals surface area contributed by atoms with Crippen molar-refractivity contribution in [2.45, 2.75) is 0 Å². The molecule has 0 saturated carbocycles. The maximum atomic E-state index is 9.92. The highest BCUT2D eigenvalue weighted by Crippen LogP contribution is 2.21. The van der Waals surface area contributed by atoms with Gasteiger partial charge < -0.3 is 15.3 Å². The van der Waals surface area contributed by atoms with Crippen LogP contribution in [0.5, 0.6) is 17.2 Å². The van der Waals surface area contributed by atoms with Crippen LogP contribution in [0.1, 0.15) is 16.7 Å². The molecule has 0 bridgehead atoms. The summed E-state index contributed by atoms with van der Waals surface area (Å²) >= 11 is 17.7. The van der Waals surface area contributed by atoms with E-state index in [-0.39, 0.29) is 23.2 Å². The van der Waals surface area contributed by atoms with Gasteiger partial charge in [0, 0.05) is 31.8 Å². The maximum absolute atomic E-state index is 9.92. The summed E-state index contributed by atoms with van der Waals surface area (Å²) < 4.78 is 0. The Morgan fingerprint density at radius 2 is 1.12 bits per heavy atom. The van der Waals surface area contributed by atoms with E-state index in [1.54, 1.807) is 12.1 Å². The zero-order valence-electron chi connectivity index (χ0n) is 17.2. The van der Waals surface area contributed by atoms with Gasteiger partial charge in [0.2, 0.25) is 0 Å². The van der Waals surface area contributed by atoms with Crippen LogP contribution in [0.3, 0.4) is 0 Å². The average Bonchev–Trinajstić information content (AvgIpc) is 2.79. The van der Waals surface area contributed by atoms with E-state index in [4.69, 9.17) is 34.8 Å². The third kappa shape index (κ3) is 7.38. The minimum absolute atomic E-state index is 0.0212. The lowest BCUT2D eigenvalue weighted by atomic mass is 10.2. The number of halogens is 3. The van der Waals surface area contributed by atoms with Gasteiger partial charge in [-0.05, 0) is 54.6 Å². The zero-order chi connectivity index (χ0) is 24.5. The molecule has 0 aliphatic carbocycles. The van der Waals surface area contributed by atoms with E-state index in [9.17, 15) is 15.3 Å². The van der Waals surface area contributed by atoms with Gasteiger partial charge in [-0.1, -0.05) is 34.8 Å². The Morgan fingerprint density at radius 3 is 1.65 bits per heavy atom. The average molecular weight is 520 g/mol. The molecule has 3 rings (SSSR count). The number of benzene rings is 3. The van der Waals surface area contributed by atoms with E-state index in [0.29, 0.717) is 31.8 Å². The first-order valence-electron chi connectivity index (χ1n) is 9.46. The van der Waals surface area contributed by atoms with E-state index in [1.165, 1.54) is 61.1 Å². The smallest absolute Gasteiger partial charge is 0.257 e. The molecule has 174 valence electrons. The minimum atomic E-state index is -0.0715. The lowest BCUT2D eigenvalue weighted by Gasteiger charge is -2.04. The predicted octanol–water partition coefficient (Wildman–Crippen LogP) is 4.70. The van der Waals surface area contributed by atoms with Crippen molar-refractivity contribution in [2.24, 2.45) is 20.4 Å². The molecule has 0 aliphatic rings. The Labute approximate surface area is 209 Å². The standard InChI is InChI=1S/C22H17Cl3N6O3/c23-16-3-5-19(32)14(7-16)11-27-30-22(29-26-10-13-1-2-18(25)9-21(13)34)31-28-12-15-8-17(24)4-6-20(15)33/h1-12,32-34H,(H2,29,30,31)/b26-10-,27-11-,28-12+. The van der Waals surface area contributed by atoms with Gasteiger partial charge in [-0.2, -0.15) is 15.3 Å². The van der Waals surface area contributed by atoms with Gasteiger partial charge in [0.05, 0.1) is 18.6 Å². The molecule has 3 aromatic carbocycles. The second-order valence-electron chi connectivity index (χ2n) is 6.54. The number of aromatic hydroxyl groups is 3. The maximum Gasteiger partial charge on any atom is 0.257 e. The molecule has 0 unspecified atom stereocenters. The second-order valence-corrected chi connectivity index (χ2v) is 7.85. The van der Waals surface area contributed by atoms with Crippen molar-refractivity contribution in [1.29, 1.82) is 0 Å². The normalized spacial score (nSPS) is 12.1. The van der Waals surface area contributed by atoms with Crippen molar-refractivity contribution in [3.8, 4) is 17.2 Å². The molecular weight excluding hydrogens is 503 g/mol. The minimum Gasteiger partial charge on any atom is -0.507 e. The molecule has 0 radical (unpaired) electrons. The van der Waals surface area contributed by atoms with Crippen LogP contribution in [0.25, 0.3) is 0 Å². The van der Waals surface area contributed by atoms with Gasteiger partial charge in [-0.15, -0.1) is 5.10 Å². The summed E-state index contributed by atoms with van der Waals surface area (Å²) in [6, 6.07) is 13.5. The van der Waals surface area contributed by atoms with Crippen LogP contribution in [0, 0.1) is 0 Å². The summed E-state index contributed by atoms with van der Waals surface area (Å²) in [5.41, 5.74) is 6.29. The topological polar surface area (TPSA) is 134 Å². The Balaban J connectivity index is 1.79. The first kappa shape index (κ1) is 24.8. The van der Waals surface area contributed by atoms with Gasteiger partial charge in [0.25, 0.3) is 5.96 Å². The molecule has 0 aromatic heterocycles. The van der Waals surface area contributed by atoms with Crippen LogP contribution in [0.4, 0.5) is 0 Å². The van der Waals surface area contributed by atoms with Crippen LogP contribution < -0.4 is 10.9 Å². The number of hydrogen-bond acceptors (Lipinski definition) is 7. The third-order valence-corrected chi connectivity index (χ3v) is 4.78. The molecule has 0 atom stereocenters. The summed E-state index contributed by atoms with van der Waals surface area (Å²) in [5, 5.41) is 46.7. The number of hydrazone groups is 2. The van der Waals surface area contributed by atoms with E-state index in [1.807, 2.05) is 0 Å². The fourth-order valence-electron chi connectivity index (χ4n) is 2.43. The van der Waals surface area contributed by atoms with Crippen molar-refractivity contribution in [3.05, 3.63) is 86.4 Å². The van der Waals surface area contributed by atoms with Gasteiger partial charge in [-0.3, -0.25) is 0 Å². The number of phenols is 3. The Hall–Kier alpha value is -3.79. The van der Waals surface area contributed by atoms with Crippen molar-refractivity contribution >= 4 is 59.4 Å². The molecule has 12 heteroatoms. The van der Waals surface area contributed by atoms with E-state index in [0.717, 1.165) is 0 Å². The number of hydrogen-bond donors (Lipinski definition) is 5. The number of rotatable bonds is 6. The predicted molar refractivity (Wildman–Crippen MR) is 136 cm³/mol. The number of nitrogens with one attached hydrogen (secondary N) is 2. The van der Waals surface area contributed by atoms with Crippen molar-refractivity contribution in [3.63, 3.8) is 0 Å². The number of phenolic OH excluding ortho intramolecular Hbond substituents is 3. The molecule has 0 amide bonds. The molecule has 9 nitrogen and oxygen atoms in total. The highest BCUT2D eigenvalue weighted by atomic mass is 35.5. The summed E-state index contributed by atoms with van der Waals surface area (Å²) in [6.45, 7) is 0. The van der Waals surface area contributed by atoms with Crippen molar-refractivity contribution in [2.75, 3.05) is 0 Å². The van der Waals surface area contributed by atoms with E-state index >= 15 is 0 Å². The third-order valence-electron chi connectivity index (χ3n) is 4.07. The van der Waals surface area contributed by atoms with Crippen LogP contribution >= 0.6 is 34.8 Å². The molecule has 3 aromatic rings.